The first-order valence-corrected chi connectivity index (χ1v) is 6.82. The summed E-state index contributed by atoms with van der Waals surface area (Å²) in [5.41, 5.74) is -0.403. The minimum Gasteiger partial charge on any atom is -0.367 e. The van der Waals surface area contributed by atoms with Crippen LogP contribution in [0.1, 0.15) is 37.9 Å². The van der Waals surface area contributed by atoms with Crippen LogP contribution in [0.25, 0.3) is 0 Å². The Balaban J connectivity index is 1.99. The topological polar surface area (TPSA) is 71.9 Å². The zero-order chi connectivity index (χ0) is 12.1. The van der Waals surface area contributed by atoms with Crippen molar-refractivity contribution in [3.8, 4) is 6.07 Å². The molecule has 0 N–H and O–H groups in total. The van der Waals surface area contributed by atoms with Gasteiger partial charge in [-0.1, -0.05) is 5.16 Å². The van der Waals surface area contributed by atoms with E-state index in [0.717, 1.165) is 25.9 Å². The van der Waals surface area contributed by atoms with Gasteiger partial charge in [0.2, 0.25) is 11.7 Å². The monoisotopic (exact) mass is 253 g/mol. The van der Waals surface area contributed by atoms with Crippen molar-refractivity contribution < 1.29 is 9.26 Å². The van der Waals surface area contributed by atoms with E-state index in [1.807, 2.05) is 6.92 Å². The number of nitrogens with zero attached hydrogens (tertiary/aromatic N) is 3. The Bertz CT molecular complexity index is 407. The molecule has 1 atom stereocenters. The van der Waals surface area contributed by atoms with Crippen molar-refractivity contribution in [3.05, 3.63) is 11.7 Å². The number of ether oxygens (including phenoxy) is 1. The fourth-order valence-electron chi connectivity index (χ4n) is 1.82. The van der Waals surface area contributed by atoms with E-state index in [-0.39, 0.29) is 0 Å². The van der Waals surface area contributed by atoms with E-state index >= 15 is 0 Å². The standard InChI is InChI=1S/C11H15N3O2S/c1-11(4-2-3-6-15-11)10-13-9(16-14-10)8-17-7-5-12/h2-4,6-8H2,1H3. The summed E-state index contributed by atoms with van der Waals surface area (Å²) < 4.78 is 10.9. The minimum absolute atomic E-state index is 0.403. The van der Waals surface area contributed by atoms with Crippen LogP contribution in [-0.4, -0.2) is 22.5 Å². The van der Waals surface area contributed by atoms with Crippen LogP contribution in [-0.2, 0) is 16.1 Å². The maximum atomic E-state index is 8.44. The highest BCUT2D eigenvalue weighted by atomic mass is 32.2. The highest BCUT2D eigenvalue weighted by Gasteiger charge is 2.34. The van der Waals surface area contributed by atoms with Crippen molar-refractivity contribution in [1.82, 2.24) is 10.1 Å². The van der Waals surface area contributed by atoms with Gasteiger partial charge in [0, 0.05) is 6.61 Å². The second kappa shape index (κ2) is 5.52. The number of rotatable bonds is 4. The number of hydrogen-bond acceptors (Lipinski definition) is 6. The molecule has 0 radical (unpaired) electrons. The van der Waals surface area contributed by atoms with Crippen molar-refractivity contribution in [3.63, 3.8) is 0 Å². The van der Waals surface area contributed by atoms with Gasteiger partial charge in [-0.15, -0.1) is 11.8 Å². The minimum atomic E-state index is -0.403. The number of thioether (sulfide) groups is 1. The van der Waals surface area contributed by atoms with Gasteiger partial charge < -0.3 is 9.26 Å². The molecule has 6 heteroatoms. The van der Waals surface area contributed by atoms with Crippen LogP contribution < -0.4 is 0 Å². The molecule has 1 saturated heterocycles. The van der Waals surface area contributed by atoms with E-state index in [1.54, 1.807) is 0 Å². The summed E-state index contributed by atoms with van der Waals surface area (Å²) in [5, 5.41) is 12.4. The molecule has 0 aliphatic carbocycles. The summed E-state index contributed by atoms with van der Waals surface area (Å²) in [4.78, 5) is 4.34. The second-order valence-electron chi connectivity index (χ2n) is 4.20. The quantitative estimate of drug-likeness (QED) is 0.766. The summed E-state index contributed by atoms with van der Waals surface area (Å²) in [7, 11) is 0. The lowest BCUT2D eigenvalue weighted by atomic mass is 9.95. The first kappa shape index (κ1) is 12.4. The molecule has 1 aliphatic heterocycles. The highest BCUT2D eigenvalue weighted by Crippen LogP contribution is 2.32. The Morgan fingerprint density at radius 2 is 2.41 bits per heavy atom. The van der Waals surface area contributed by atoms with Gasteiger partial charge >= 0.3 is 0 Å². The van der Waals surface area contributed by atoms with E-state index in [2.05, 4.69) is 16.2 Å². The van der Waals surface area contributed by atoms with Crippen molar-refractivity contribution in [2.45, 2.75) is 37.5 Å². The Hall–Kier alpha value is -1.06. The molecule has 2 rings (SSSR count). The average Bonchev–Trinajstić information content (AvgIpc) is 2.80. The summed E-state index contributed by atoms with van der Waals surface area (Å²) in [6.45, 7) is 2.76. The fourth-order valence-corrected chi connectivity index (χ4v) is 2.31. The predicted octanol–water partition coefficient (Wildman–Crippen LogP) is 2.24. The van der Waals surface area contributed by atoms with Crippen LogP contribution in [0.3, 0.4) is 0 Å². The van der Waals surface area contributed by atoms with Crippen LogP contribution in [0.15, 0.2) is 4.52 Å². The maximum absolute atomic E-state index is 8.44. The van der Waals surface area contributed by atoms with Gasteiger partial charge in [0.15, 0.2) is 0 Å². The van der Waals surface area contributed by atoms with Crippen molar-refractivity contribution in [1.29, 1.82) is 5.26 Å². The molecule has 0 bridgehead atoms. The van der Waals surface area contributed by atoms with Crippen LogP contribution in [0.4, 0.5) is 0 Å². The summed E-state index contributed by atoms with van der Waals surface area (Å²) in [6, 6.07) is 2.06. The van der Waals surface area contributed by atoms with Crippen molar-refractivity contribution in [2.75, 3.05) is 12.4 Å². The molecular weight excluding hydrogens is 238 g/mol. The van der Waals surface area contributed by atoms with E-state index in [4.69, 9.17) is 14.5 Å². The molecule has 17 heavy (non-hydrogen) atoms. The lowest BCUT2D eigenvalue weighted by molar-refractivity contribution is -0.0770. The molecule has 1 fully saturated rings. The molecule has 1 unspecified atom stereocenters. The average molecular weight is 253 g/mol. The van der Waals surface area contributed by atoms with Crippen LogP contribution >= 0.6 is 11.8 Å². The normalized spacial score (nSPS) is 24.5. The lowest BCUT2D eigenvalue weighted by Gasteiger charge is -2.30. The zero-order valence-electron chi connectivity index (χ0n) is 9.81. The number of hydrogen-bond donors (Lipinski definition) is 0. The van der Waals surface area contributed by atoms with Gasteiger partial charge in [0.25, 0.3) is 0 Å². The largest absolute Gasteiger partial charge is 0.367 e. The van der Waals surface area contributed by atoms with Crippen LogP contribution in [0.2, 0.25) is 0 Å². The van der Waals surface area contributed by atoms with Crippen molar-refractivity contribution in [2.24, 2.45) is 0 Å². The van der Waals surface area contributed by atoms with E-state index in [9.17, 15) is 0 Å². The summed E-state index contributed by atoms with van der Waals surface area (Å²) in [5.74, 6) is 2.21. The lowest BCUT2D eigenvalue weighted by Crippen LogP contribution is -2.31. The Morgan fingerprint density at radius 1 is 1.53 bits per heavy atom. The molecule has 1 aromatic rings. The molecule has 2 heterocycles. The van der Waals surface area contributed by atoms with Crippen molar-refractivity contribution >= 4 is 11.8 Å². The number of nitriles is 1. The molecule has 1 aliphatic rings. The first-order valence-electron chi connectivity index (χ1n) is 5.66. The fraction of sp³-hybridized carbons (Fsp3) is 0.727. The molecule has 1 aromatic heterocycles. The third-order valence-electron chi connectivity index (χ3n) is 2.80. The van der Waals surface area contributed by atoms with E-state index in [0.29, 0.717) is 23.2 Å². The molecular formula is C11H15N3O2S. The molecule has 92 valence electrons. The van der Waals surface area contributed by atoms with Gasteiger partial charge in [0.1, 0.15) is 5.60 Å². The van der Waals surface area contributed by atoms with Crippen LogP contribution in [0.5, 0.6) is 0 Å². The SMILES string of the molecule is CC1(c2noc(CSCC#N)n2)CCCCO1. The third kappa shape index (κ3) is 2.99. The Morgan fingerprint density at radius 3 is 3.12 bits per heavy atom. The molecule has 5 nitrogen and oxygen atoms in total. The first-order chi connectivity index (χ1) is 8.24. The van der Waals surface area contributed by atoms with Gasteiger partial charge in [-0.05, 0) is 26.2 Å². The van der Waals surface area contributed by atoms with Gasteiger partial charge in [0.05, 0.1) is 17.6 Å². The summed E-state index contributed by atoms with van der Waals surface area (Å²) in [6.07, 6.45) is 3.15. The molecule has 0 amide bonds. The highest BCUT2D eigenvalue weighted by molar-refractivity contribution is 7.98. The van der Waals surface area contributed by atoms with Gasteiger partial charge in [-0.25, -0.2) is 0 Å². The molecule has 0 spiro atoms. The number of aromatic nitrogens is 2. The predicted molar refractivity (Wildman–Crippen MR) is 63.2 cm³/mol. The Labute approximate surface area is 105 Å². The molecule has 0 aromatic carbocycles. The second-order valence-corrected chi connectivity index (χ2v) is 5.18. The van der Waals surface area contributed by atoms with Crippen LogP contribution in [0, 0.1) is 11.3 Å². The third-order valence-corrected chi connectivity index (χ3v) is 3.59. The summed E-state index contributed by atoms with van der Waals surface area (Å²) >= 11 is 1.47. The Kier molecular flexibility index (Phi) is 4.02. The van der Waals surface area contributed by atoms with E-state index in [1.165, 1.54) is 11.8 Å². The smallest absolute Gasteiger partial charge is 0.236 e. The zero-order valence-corrected chi connectivity index (χ0v) is 10.6. The maximum Gasteiger partial charge on any atom is 0.236 e. The molecule has 0 saturated carbocycles. The van der Waals surface area contributed by atoms with Gasteiger partial charge in [-0.3, -0.25) is 0 Å². The van der Waals surface area contributed by atoms with Gasteiger partial charge in [-0.2, -0.15) is 10.2 Å². The van der Waals surface area contributed by atoms with E-state index < -0.39 is 5.60 Å².